The molecule has 0 aliphatic carbocycles. The maximum atomic E-state index is 12.8. The van der Waals surface area contributed by atoms with Gasteiger partial charge in [0.15, 0.2) is 0 Å². The van der Waals surface area contributed by atoms with Crippen LogP contribution in [0.25, 0.3) is 17.4 Å². The Hall–Kier alpha value is -2.56. The molecular formula is C20H17NO6S3. The van der Waals surface area contributed by atoms with Crippen LogP contribution in [0.3, 0.4) is 0 Å². The zero-order valence-corrected chi connectivity index (χ0v) is 18.2. The minimum atomic E-state index is -1.09. The lowest BCUT2D eigenvalue weighted by molar-refractivity contribution is -0.145. The molecule has 0 spiro atoms. The Morgan fingerprint density at radius 1 is 1.23 bits per heavy atom. The fraction of sp³-hybridized carbons (Fsp3) is 0.200. The number of benzene rings is 1. The first-order valence-corrected chi connectivity index (χ1v) is 11.4. The molecule has 1 saturated heterocycles. The van der Waals surface area contributed by atoms with E-state index in [4.69, 9.17) is 21.7 Å². The fourth-order valence-corrected chi connectivity index (χ4v) is 4.63. The number of amides is 1. The molecule has 1 amide bonds. The number of rotatable bonds is 8. The molecule has 3 rings (SSSR count). The zero-order valence-electron chi connectivity index (χ0n) is 15.7. The number of furan rings is 1. The lowest BCUT2D eigenvalue weighted by atomic mass is 10.1. The fourth-order valence-electron chi connectivity index (χ4n) is 2.83. The molecule has 0 bridgehead atoms. The van der Waals surface area contributed by atoms with Gasteiger partial charge in [-0.25, -0.2) is 9.59 Å². The quantitative estimate of drug-likeness (QED) is 0.443. The molecule has 1 unspecified atom stereocenters. The van der Waals surface area contributed by atoms with Crippen molar-refractivity contribution in [3.63, 3.8) is 0 Å². The average molecular weight is 464 g/mol. The Morgan fingerprint density at radius 2 is 1.93 bits per heavy atom. The topological polar surface area (TPSA) is 108 Å². The number of carbonyl (C=O) groups is 3. The second kappa shape index (κ2) is 9.50. The maximum absolute atomic E-state index is 12.8. The number of thioether (sulfide) groups is 2. The third kappa shape index (κ3) is 4.77. The van der Waals surface area contributed by atoms with Crippen LogP contribution in [-0.2, 0) is 9.59 Å². The number of hydrogen-bond acceptors (Lipinski definition) is 7. The zero-order chi connectivity index (χ0) is 21.8. The van der Waals surface area contributed by atoms with Gasteiger partial charge in [-0.05, 0) is 42.7 Å². The highest BCUT2D eigenvalue weighted by Gasteiger charge is 2.40. The summed E-state index contributed by atoms with van der Waals surface area (Å²) in [6.07, 6.45) is 3.70. The highest BCUT2D eigenvalue weighted by atomic mass is 32.2. The Balaban J connectivity index is 1.80. The largest absolute Gasteiger partial charge is 0.480 e. The van der Waals surface area contributed by atoms with Gasteiger partial charge in [0.2, 0.25) is 0 Å². The lowest BCUT2D eigenvalue weighted by Gasteiger charge is -2.22. The van der Waals surface area contributed by atoms with Crippen molar-refractivity contribution in [3.8, 4) is 11.3 Å². The Kier molecular flexibility index (Phi) is 7.01. The van der Waals surface area contributed by atoms with Gasteiger partial charge in [0.25, 0.3) is 5.91 Å². The minimum absolute atomic E-state index is 0.170. The molecule has 0 radical (unpaired) electrons. The van der Waals surface area contributed by atoms with E-state index in [1.807, 2.05) is 6.26 Å². The van der Waals surface area contributed by atoms with Crippen LogP contribution in [0.15, 0.2) is 45.7 Å². The van der Waals surface area contributed by atoms with E-state index in [-0.39, 0.29) is 14.8 Å². The van der Waals surface area contributed by atoms with Gasteiger partial charge in [0.1, 0.15) is 21.9 Å². The van der Waals surface area contributed by atoms with Gasteiger partial charge in [-0.3, -0.25) is 9.69 Å². The summed E-state index contributed by atoms with van der Waals surface area (Å²) in [5.74, 6) is -1.05. The number of hydrogen-bond donors (Lipinski definition) is 2. The molecule has 1 aliphatic rings. The van der Waals surface area contributed by atoms with E-state index in [2.05, 4.69) is 0 Å². The van der Waals surface area contributed by atoms with E-state index in [0.29, 0.717) is 29.3 Å². The summed E-state index contributed by atoms with van der Waals surface area (Å²) in [6.45, 7) is 0. The summed E-state index contributed by atoms with van der Waals surface area (Å²) in [5, 5.41) is 18.5. The predicted molar refractivity (Wildman–Crippen MR) is 121 cm³/mol. The van der Waals surface area contributed by atoms with E-state index >= 15 is 0 Å². The standard InChI is InChI=1S/C20H17NO6S3/c1-29-9-8-14(19(25)26)21-17(22)16(30-20(21)28)10-13-6-7-15(27-13)11-2-4-12(5-3-11)18(23)24/h2-7,10,14H,8-9H2,1H3,(H,23,24)(H,25,26)/b16-10-. The van der Waals surface area contributed by atoms with Crippen LogP contribution in [0, 0.1) is 0 Å². The molecule has 2 N–H and O–H groups in total. The Bertz CT molecular complexity index is 1030. The van der Waals surface area contributed by atoms with Crippen molar-refractivity contribution in [2.75, 3.05) is 12.0 Å². The van der Waals surface area contributed by atoms with Gasteiger partial charge in [-0.1, -0.05) is 36.1 Å². The summed E-state index contributed by atoms with van der Waals surface area (Å²) >= 11 is 7.79. The Labute approximate surface area is 186 Å². The van der Waals surface area contributed by atoms with Gasteiger partial charge >= 0.3 is 11.9 Å². The second-order valence-corrected chi connectivity index (χ2v) is 8.93. The summed E-state index contributed by atoms with van der Waals surface area (Å²) in [4.78, 5) is 36.8. The molecule has 30 heavy (non-hydrogen) atoms. The minimum Gasteiger partial charge on any atom is -0.480 e. The van der Waals surface area contributed by atoms with Crippen molar-refractivity contribution >= 4 is 64.0 Å². The number of carboxylic acid groups (broad SMARTS) is 2. The van der Waals surface area contributed by atoms with Crippen LogP contribution in [0.2, 0.25) is 0 Å². The molecule has 1 fully saturated rings. The number of aliphatic carboxylic acids is 1. The SMILES string of the molecule is CSCCC(C(=O)O)N1C(=O)/C(=C/c2ccc(-c3ccc(C(=O)O)cc3)o2)SC1=S. The van der Waals surface area contributed by atoms with Gasteiger partial charge in [0.05, 0.1) is 10.5 Å². The number of nitrogens with zero attached hydrogens (tertiary/aromatic N) is 1. The van der Waals surface area contributed by atoms with Crippen LogP contribution < -0.4 is 0 Å². The van der Waals surface area contributed by atoms with Crippen molar-refractivity contribution in [2.45, 2.75) is 12.5 Å². The van der Waals surface area contributed by atoms with Crippen molar-refractivity contribution in [3.05, 3.63) is 52.6 Å². The number of carbonyl (C=O) groups excluding carboxylic acids is 1. The summed E-state index contributed by atoms with van der Waals surface area (Å²) < 4.78 is 5.96. The molecule has 2 aromatic rings. The van der Waals surface area contributed by atoms with Crippen molar-refractivity contribution in [2.24, 2.45) is 0 Å². The first-order valence-electron chi connectivity index (χ1n) is 8.74. The second-order valence-electron chi connectivity index (χ2n) is 6.27. The molecule has 1 aromatic carbocycles. The van der Waals surface area contributed by atoms with Crippen molar-refractivity contribution < 1.29 is 29.0 Å². The predicted octanol–water partition coefficient (Wildman–Crippen LogP) is 4.05. The van der Waals surface area contributed by atoms with Crippen LogP contribution >= 0.6 is 35.7 Å². The Morgan fingerprint density at radius 3 is 2.53 bits per heavy atom. The van der Waals surface area contributed by atoms with E-state index in [0.717, 1.165) is 16.7 Å². The van der Waals surface area contributed by atoms with Gasteiger partial charge in [0, 0.05) is 11.6 Å². The van der Waals surface area contributed by atoms with E-state index in [9.17, 15) is 19.5 Å². The van der Waals surface area contributed by atoms with Crippen molar-refractivity contribution in [1.82, 2.24) is 4.90 Å². The van der Waals surface area contributed by atoms with Crippen LogP contribution in [0.1, 0.15) is 22.5 Å². The molecule has 7 nitrogen and oxygen atoms in total. The normalized spacial score (nSPS) is 16.3. The number of aromatic carboxylic acids is 1. The molecule has 1 aliphatic heterocycles. The maximum Gasteiger partial charge on any atom is 0.335 e. The molecule has 1 atom stereocenters. The van der Waals surface area contributed by atoms with Gasteiger partial charge in [-0.15, -0.1) is 0 Å². The lowest BCUT2D eigenvalue weighted by Crippen LogP contribution is -2.44. The summed E-state index contributed by atoms with van der Waals surface area (Å²) in [5.41, 5.74) is 0.860. The van der Waals surface area contributed by atoms with Crippen LogP contribution in [-0.4, -0.2) is 55.3 Å². The van der Waals surface area contributed by atoms with Gasteiger partial charge in [-0.2, -0.15) is 11.8 Å². The first-order chi connectivity index (χ1) is 14.3. The third-order valence-electron chi connectivity index (χ3n) is 4.33. The molecule has 156 valence electrons. The smallest absolute Gasteiger partial charge is 0.335 e. The molecule has 2 heterocycles. The van der Waals surface area contributed by atoms with E-state index < -0.39 is 23.9 Å². The highest BCUT2D eigenvalue weighted by molar-refractivity contribution is 8.26. The summed E-state index contributed by atoms with van der Waals surface area (Å²) in [6, 6.07) is 8.60. The molecule has 0 saturated carbocycles. The van der Waals surface area contributed by atoms with Crippen molar-refractivity contribution in [1.29, 1.82) is 0 Å². The van der Waals surface area contributed by atoms with Crippen LogP contribution in [0.4, 0.5) is 0 Å². The monoisotopic (exact) mass is 463 g/mol. The molecule has 10 heteroatoms. The van der Waals surface area contributed by atoms with E-state index in [1.165, 1.54) is 30.0 Å². The van der Waals surface area contributed by atoms with E-state index in [1.54, 1.807) is 24.3 Å². The first kappa shape index (κ1) is 22.1. The third-order valence-corrected chi connectivity index (χ3v) is 6.31. The molecule has 1 aromatic heterocycles. The number of carboxylic acids is 2. The molecular weight excluding hydrogens is 446 g/mol. The number of thiocarbonyl (C=S) groups is 1. The van der Waals surface area contributed by atoms with Gasteiger partial charge < -0.3 is 14.6 Å². The average Bonchev–Trinajstić information content (AvgIpc) is 3.28. The highest BCUT2D eigenvalue weighted by Crippen LogP contribution is 2.35. The summed E-state index contributed by atoms with van der Waals surface area (Å²) in [7, 11) is 0. The van der Waals surface area contributed by atoms with Crippen LogP contribution in [0.5, 0.6) is 0 Å².